The van der Waals surface area contributed by atoms with E-state index in [1.165, 1.54) is 0 Å². The fourth-order valence-corrected chi connectivity index (χ4v) is 3.02. The number of carbonyl (C=O) groups is 2. The summed E-state index contributed by atoms with van der Waals surface area (Å²) in [6.45, 7) is 2.44. The van der Waals surface area contributed by atoms with Crippen LogP contribution in [0.2, 0.25) is 0 Å². The largest absolute Gasteiger partial charge is 0.494 e. The Balaban J connectivity index is 1.33. The number of piperazine rings is 1. The Bertz CT molecular complexity index is 841. The molecule has 159 valence electrons. The first kappa shape index (κ1) is 21.6. The Morgan fingerprint density at radius 3 is 2.70 bits per heavy atom. The third-order valence-corrected chi connectivity index (χ3v) is 4.41. The summed E-state index contributed by atoms with van der Waals surface area (Å²) in [4.78, 5) is 22.3. The summed E-state index contributed by atoms with van der Waals surface area (Å²) in [6.07, 6.45) is 1.88. The zero-order valence-electron chi connectivity index (χ0n) is 16.6. The zero-order chi connectivity index (χ0) is 21.2. The summed E-state index contributed by atoms with van der Waals surface area (Å²) in [5.41, 5.74) is 6.85. The highest BCUT2D eigenvalue weighted by molar-refractivity contribution is 5.79. The number of amides is 2. The Kier molecular flexibility index (Phi) is 8.05. The lowest BCUT2D eigenvalue weighted by Gasteiger charge is -2.23. The highest BCUT2D eigenvalue weighted by Gasteiger charge is 2.17. The van der Waals surface area contributed by atoms with E-state index < -0.39 is 6.09 Å². The van der Waals surface area contributed by atoms with Crippen LogP contribution >= 0.6 is 0 Å². The van der Waals surface area contributed by atoms with E-state index in [1.807, 2.05) is 42.8 Å². The molecule has 4 N–H and O–H groups in total. The van der Waals surface area contributed by atoms with E-state index in [1.54, 1.807) is 12.1 Å². The molecule has 0 aliphatic carbocycles. The number of hydrogen-bond donors (Lipinski definition) is 3. The Morgan fingerprint density at radius 2 is 1.93 bits per heavy atom. The maximum atomic E-state index is 11.4. The minimum atomic E-state index is -0.848. The van der Waals surface area contributed by atoms with Crippen molar-refractivity contribution in [3.8, 4) is 11.5 Å². The summed E-state index contributed by atoms with van der Waals surface area (Å²) >= 11 is 0. The van der Waals surface area contributed by atoms with Crippen LogP contribution < -0.4 is 25.8 Å². The monoisotopic (exact) mass is 412 g/mol. The lowest BCUT2D eigenvalue weighted by atomic mass is 10.0. The van der Waals surface area contributed by atoms with E-state index >= 15 is 0 Å². The molecular formula is C22H26N3O5. The van der Waals surface area contributed by atoms with Gasteiger partial charge in [0.15, 0.2) is 0 Å². The molecule has 0 spiro atoms. The average molecular weight is 412 g/mol. The predicted octanol–water partition coefficient (Wildman–Crippen LogP) is 1.77. The first-order valence-corrected chi connectivity index (χ1v) is 9.81. The van der Waals surface area contributed by atoms with Crippen molar-refractivity contribution in [1.82, 2.24) is 10.6 Å². The van der Waals surface area contributed by atoms with Crippen LogP contribution in [-0.4, -0.2) is 44.3 Å². The number of nitrogens with two attached hydrogens (primary N) is 1. The fourth-order valence-electron chi connectivity index (χ4n) is 3.02. The summed E-state index contributed by atoms with van der Waals surface area (Å²) in [6, 6.07) is 14.8. The fraction of sp³-hybridized carbons (Fsp3) is 0.318. The Morgan fingerprint density at radius 1 is 1.13 bits per heavy atom. The average Bonchev–Trinajstić information content (AvgIpc) is 2.72. The van der Waals surface area contributed by atoms with E-state index in [4.69, 9.17) is 19.9 Å². The zero-order valence-corrected chi connectivity index (χ0v) is 16.6. The smallest absolute Gasteiger partial charge is 0.409 e. The molecule has 0 unspecified atom stereocenters. The third-order valence-electron chi connectivity index (χ3n) is 4.41. The van der Waals surface area contributed by atoms with Crippen molar-refractivity contribution in [3.63, 3.8) is 0 Å². The van der Waals surface area contributed by atoms with Crippen LogP contribution in [0.5, 0.6) is 11.5 Å². The maximum Gasteiger partial charge on any atom is 0.409 e. The topological polar surface area (TPSA) is 112 Å². The first-order valence-electron chi connectivity index (χ1n) is 9.81. The number of nitrogens with one attached hydrogen (secondary N) is 2. The van der Waals surface area contributed by atoms with Gasteiger partial charge in [0, 0.05) is 31.0 Å². The van der Waals surface area contributed by atoms with E-state index in [9.17, 15) is 9.59 Å². The number of benzene rings is 2. The molecule has 3 rings (SSSR count). The van der Waals surface area contributed by atoms with Crippen molar-refractivity contribution in [1.29, 1.82) is 0 Å². The van der Waals surface area contributed by atoms with Crippen LogP contribution in [0.3, 0.4) is 0 Å². The van der Waals surface area contributed by atoms with Gasteiger partial charge in [0.1, 0.15) is 11.5 Å². The summed E-state index contributed by atoms with van der Waals surface area (Å²) < 4.78 is 16.3. The van der Waals surface area contributed by atoms with Crippen molar-refractivity contribution in [2.24, 2.45) is 5.73 Å². The van der Waals surface area contributed by atoms with Gasteiger partial charge in [-0.25, -0.2) is 4.79 Å². The van der Waals surface area contributed by atoms with Crippen LogP contribution in [-0.2, 0) is 16.1 Å². The maximum absolute atomic E-state index is 11.4. The number of para-hydroxylation sites is 1. The van der Waals surface area contributed by atoms with Crippen molar-refractivity contribution in [2.45, 2.75) is 19.1 Å². The molecule has 1 saturated heterocycles. The highest BCUT2D eigenvalue weighted by atomic mass is 16.5. The van der Waals surface area contributed by atoms with Crippen molar-refractivity contribution >= 4 is 12.0 Å². The van der Waals surface area contributed by atoms with Crippen molar-refractivity contribution < 1.29 is 23.8 Å². The van der Waals surface area contributed by atoms with Gasteiger partial charge >= 0.3 is 6.09 Å². The van der Waals surface area contributed by atoms with Gasteiger partial charge in [-0.2, -0.15) is 0 Å². The van der Waals surface area contributed by atoms with Crippen molar-refractivity contribution in [2.75, 3.05) is 26.3 Å². The number of ether oxygens (including phenoxy) is 3. The standard InChI is InChI=1S/C22H26N3O5/c23-22(27)30-20-5-2-1-4-17(20)15-28-10-3-11-29-19-8-6-16(7-9-19)12-18-13-24-14-21(26)25-18/h1-2,4-9,12,18,24H,3,10-11,13-15H2,(H2,23,27)(H,25,26)/t18-/m1/s1. The molecule has 8 heteroatoms. The molecule has 1 fully saturated rings. The van der Waals surface area contributed by atoms with Crippen LogP contribution in [0.15, 0.2) is 48.5 Å². The Hall–Kier alpha value is -3.10. The molecule has 1 heterocycles. The molecule has 1 aliphatic rings. The number of carbonyl (C=O) groups excluding carboxylic acids is 2. The summed E-state index contributed by atoms with van der Waals surface area (Å²) in [5, 5.41) is 6.00. The molecule has 8 nitrogen and oxygen atoms in total. The highest BCUT2D eigenvalue weighted by Crippen LogP contribution is 2.19. The van der Waals surface area contributed by atoms with Gasteiger partial charge in [0.25, 0.3) is 0 Å². The van der Waals surface area contributed by atoms with Crippen LogP contribution in [0.25, 0.3) is 0 Å². The summed E-state index contributed by atoms with van der Waals surface area (Å²) in [5.74, 6) is 1.19. The van der Waals surface area contributed by atoms with E-state index in [2.05, 4.69) is 10.6 Å². The molecule has 0 bridgehead atoms. The molecule has 2 aromatic rings. The molecule has 2 aromatic carbocycles. The van der Waals surface area contributed by atoms with Crippen molar-refractivity contribution in [3.05, 3.63) is 66.1 Å². The summed E-state index contributed by atoms with van der Waals surface area (Å²) in [7, 11) is 0. The number of hydrogen-bond acceptors (Lipinski definition) is 6. The normalized spacial score (nSPS) is 16.0. The lowest BCUT2D eigenvalue weighted by molar-refractivity contribution is -0.121. The predicted molar refractivity (Wildman–Crippen MR) is 111 cm³/mol. The molecule has 30 heavy (non-hydrogen) atoms. The molecule has 1 radical (unpaired) electrons. The molecule has 1 atom stereocenters. The third kappa shape index (κ3) is 7.06. The molecule has 0 saturated carbocycles. The quantitative estimate of drug-likeness (QED) is 0.513. The molecule has 1 aliphatic heterocycles. The van der Waals surface area contributed by atoms with Crippen LogP contribution in [0, 0.1) is 6.42 Å². The van der Waals surface area contributed by atoms with Gasteiger partial charge in [-0.3, -0.25) is 4.79 Å². The first-order chi connectivity index (χ1) is 14.6. The van der Waals surface area contributed by atoms with Gasteiger partial charge in [0.05, 0.1) is 26.4 Å². The molecular weight excluding hydrogens is 386 g/mol. The second-order valence-electron chi connectivity index (χ2n) is 6.82. The van der Waals surface area contributed by atoms with Crippen LogP contribution in [0.1, 0.15) is 17.5 Å². The van der Waals surface area contributed by atoms with Gasteiger partial charge in [-0.15, -0.1) is 0 Å². The molecule has 0 aromatic heterocycles. The number of primary amides is 1. The van der Waals surface area contributed by atoms with E-state index in [0.29, 0.717) is 38.5 Å². The van der Waals surface area contributed by atoms with Gasteiger partial charge in [-0.05, 0) is 23.8 Å². The minimum absolute atomic E-state index is 0.00586. The molecule has 2 amide bonds. The lowest BCUT2D eigenvalue weighted by Crippen LogP contribution is -2.52. The SMILES string of the molecule is NC(=O)Oc1ccccc1COCCCOc1ccc([CH][C@@H]2CNCC(=O)N2)cc1. The van der Waals surface area contributed by atoms with Gasteiger partial charge < -0.3 is 30.6 Å². The minimum Gasteiger partial charge on any atom is -0.494 e. The van der Waals surface area contributed by atoms with E-state index in [-0.39, 0.29) is 11.9 Å². The number of rotatable bonds is 10. The van der Waals surface area contributed by atoms with Gasteiger partial charge in [0.2, 0.25) is 5.91 Å². The van der Waals surface area contributed by atoms with Crippen LogP contribution in [0.4, 0.5) is 4.79 Å². The van der Waals surface area contributed by atoms with E-state index in [0.717, 1.165) is 23.4 Å². The second-order valence-corrected chi connectivity index (χ2v) is 6.82. The van der Waals surface area contributed by atoms with Gasteiger partial charge in [-0.1, -0.05) is 30.3 Å². The Labute approximate surface area is 175 Å². The second kappa shape index (κ2) is 11.2.